The van der Waals surface area contributed by atoms with Crippen molar-refractivity contribution < 1.29 is 9.53 Å². The number of aromatic nitrogens is 2. The molecule has 0 aliphatic carbocycles. The molecule has 1 aliphatic rings. The lowest BCUT2D eigenvalue weighted by Gasteiger charge is -2.40. The van der Waals surface area contributed by atoms with E-state index in [2.05, 4.69) is 18.0 Å². The van der Waals surface area contributed by atoms with Crippen molar-refractivity contribution in [3.05, 3.63) is 77.9 Å². The Balaban J connectivity index is 1.64. The molecule has 0 N–H and O–H groups in total. The van der Waals surface area contributed by atoms with Crippen molar-refractivity contribution in [1.82, 2.24) is 14.5 Å². The second-order valence-electron chi connectivity index (χ2n) is 8.07. The third kappa shape index (κ3) is 4.04. The highest BCUT2D eigenvalue weighted by Gasteiger charge is 2.42. The number of rotatable bonds is 6. The zero-order chi connectivity index (χ0) is 21.8. The largest absolute Gasteiger partial charge is 0.456 e. The van der Waals surface area contributed by atoms with Gasteiger partial charge < -0.3 is 14.2 Å². The number of piperidine rings is 1. The summed E-state index contributed by atoms with van der Waals surface area (Å²) in [6.07, 6.45) is 7.94. The fourth-order valence-corrected chi connectivity index (χ4v) is 4.41. The Morgan fingerprint density at radius 1 is 1.26 bits per heavy atom. The number of carbonyl (C=O) groups excluding carboxylic acids is 1. The molecular formula is C25H26N4O2. The lowest BCUT2D eigenvalue weighted by molar-refractivity contribution is -0.139. The lowest BCUT2D eigenvalue weighted by atomic mass is 9.71. The number of nitriles is 1. The Morgan fingerprint density at radius 3 is 2.87 bits per heavy atom. The van der Waals surface area contributed by atoms with E-state index in [1.165, 1.54) is 0 Å². The molecule has 1 aromatic heterocycles. The fraction of sp³-hybridized carbons (Fsp3) is 0.320. The van der Waals surface area contributed by atoms with E-state index in [1.54, 1.807) is 18.6 Å². The Kier molecular flexibility index (Phi) is 5.77. The average Bonchev–Trinajstić information content (AvgIpc) is 3.29. The van der Waals surface area contributed by atoms with E-state index in [0.29, 0.717) is 23.6 Å². The molecule has 31 heavy (non-hydrogen) atoms. The smallest absolute Gasteiger partial charge is 0.232 e. The van der Waals surface area contributed by atoms with Gasteiger partial charge in [0.2, 0.25) is 5.91 Å². The van der Waals surface area contributed by atoms with Crippen molar-refractivity contribution in [1.29, 1.82) is 5.26 Å². The number of hydrogen-bond donors (Lipinski definition) is 0. The lowest BCUT2D eigenvalue weighted by Crippen LogP contribution is -2.49. The third-order valence-corrected chi connectivity index (χ3v) is 6.16. The number of benzene rings is 2. The minimum Gasteiger partial charge on any atom is -0.456 e. The molecule has 1 saturated heterocycles. The van der Waals surface area contributed by atoms with Crippen molar-refractivity contribution in [2.24, 2.45) is 0 Å². The first-order valence-electron chi connectivity index (χ1n) is 10.6. The van der Waals surface area contributed by atoms with Crippen LogP contribution < -0.4 is 4.74 Å². The molecule has 0 spiro atoms. The molecule has 0 saturated carbocycles. The predicted octanol–water partition coefficient (Wildman–Crippen LogP) is 4.50. The van der Waals surface area contributed by atoms with Gasteiger partial charge in [-0.1, -0.05) is 25.1 Å². The molecule has 3 aromatic rings. The van der Waals surface area contributed by atoms with Gasteiger partial charge in [0.25, 0.3) is 0 Å². The molecule has 4 rings (SSSR count). The molecule has 1 unspecified atom stereocenters. The second-order valence-corrected chi connectivity index (χ2v) is 8.07. The molecule has 2 aromatic carbocycles. The normalized spacial score (nSPS) is 18.6. The summed E-state index contributed by atoms with van der Waals surface area (Å²) in [6, 6.07) is 15.5. The molecule has 0 radical (unpaired) electrons. The van der Waals surface area contributed by atoms with Crippen molar-refractivity contribution in [3.8, 4) is 17.6 Å². The Labute approximate surface area is 182 Å². The van der Waals surface area contributed by atoms with Gasteiger partial charge >= 0.3 is 0 Å². The zero-order valence-electron chi connectivity index (χ0n) is 17.9. The summed E-state index contributed by atoms with van der Waals surface area (Å²) in [7, 11) is 1.87. The zero-order valence-corrected chi connectivity index (χ0v) is 17.9. The summed E-state index contributed by atoms with van der Waals surface area (Å²) < 4.78 is 8.13. The van der Waals surface area contributed by atoms with E-state index < -0.39 is 5.41 Å². The molecule has 1 amide bonds. The standard InChI is InChI=1S/C25H26N4O2/c1-3-25(10-5-12-28(2)24(25)30)21-6-4-7-22(15-21)31-23-14-19(8-9-20(23)16-26)17-29-13-11-27-18-29/h4,6-9,11,13-15,18H,3,5,10,12,17H2,1-2H3. The van der Waals surface area contributed by atoms with Gasteiger partial charge in [0.05, 0.1) is 17.3 Å². The first-order valence-corrected chi connectivity index (χ1v) is 10.6. The van der Waals surface area contributed by atoms with Crippen LogP contribution in [0.15, 0.2) is 61.2 Å². The number of amides is 1. The van der Waals surface area contributed by atoms with Crippen LogP contribution in [0.25, 0.3) is 0 Å². The highest BCUT2D eigenvalue weighted by Crippen LogP contribution is 2.39. The van der Waals surface area contributed by atoms with E-state index in [-0.39, 0.29) is 5.91 Å². The van der Waals surface area contributed by atoms with Gasteiger partial charge in [0.1, 0.15) is 17.6 Å². The van der Waals surface area contributed by atoms with E-state index in [9.17, 15) is 10.1 Å². The van der Waals surface area contributed by atoms with Crippen LogP contribution in [0.4, 0.5) is 0 Å². The van der Waals surface area contributed by atoms with Crippen molar-refractivity contribution in [3.63, 3.8) is 0 Å². The summed E-state index contributed by atoms with van der Waals surface area (Å²) >= 11 is 0. The Bertz CT molecular complexity index is 1120. The van der Waals surface area contributed by atoms with Crippen LogP contribution in [0.1, 0.15) is 42.9 Å². The summed E-state index contributed by atoms with van der Waals surface area (Å²) in [5.74, 6) is 1.30. The maximum Gasteiger partial charge on any atom is 0.232 e. The van der Waals surface area contributed by atoms with Crippen LogP contribution >= 0.6 is 0 Å². The summed E-state index contributed by atoms with van der Waals surface area (Å²) in [4.78, 5) is 19.0. The first kappa shape index (κ1) is 20.7. The summed E-state index contributed by atoms with van der Waals surface area (Å²) in [5.41, 5.74) is 1.93. The number of ether oxygens (including phenoxy) is 1. The maximum atomic E-state index is 13.1. The van der Waals surface area contributed by atoms with Gasteiger partial charge in [-0.15, -0.1) is 0 Å². The van der Waals surface area contributed by atoms with Gasteiger partial charge in [-0.05, 0) is 54.7 Å². The number of likely N-dealkylation sites (tertiary alicyclic amines) is 1. The molecule has 1 atom stereocenters. The number of nitrogens with zero attached hydrogens (tertiary/aromatic N) is 4. The van der Waals surface area contributed by atoms with Crippen LogP contribution in [-0.4, -0.2) is 34.0 Å². The highest BCUT2D eigenvalue weighted by atomic mass is 16.5. The number of imidazole rings is 1. The molecule has 0 bridgehead atoms. The molecule has 6 nitrogen and oxygen atoms in total. The van der Waals surface area contributed by atoms with E-state index in [1.807, 2.05) is 59.1 Å². The van der Waals surface area contributed by atoms with Gasteiger partial charge in [-0.3, -0.25) is 4.79 Å². The molecule has 2 heterocycles. The Hall–Kier alpha value is -3.59. The van der Waals surface area contributed by atoms with E-state index in [4.69, 9.17) is 4.74 Å². The third-order valence-electron chi connectivity index (χ3n) is 6.16. The topological polar surface area (TPSA) is 71.2 Å². The van der Waals surface area contributed by atoms with Crippen LogP contribution in [0.2, 0.25) is 0 Å². The highest BCUT2D eigenvalue weighted by molar-refractivity contribution is 5.89. The predicted molar refractivity (Wildman–Crippen MR) is 118 cm³/mol. The van der Waals surface area contributed by atoms with Gasteiger partial charge in [-0.25, -0.2) is 4.98 Å². The van der Waals surface area contributed by atoms with E-state index in [0.717, 1.165) is 36.9 Å². The van der Waals surface area contributed by atoms with Crippen LogP contribution in [0, 0.1) is 11.3 Å². The van der Waals surface area contributed by atoms with Crippen molar-refractivity contribution in [2.45, 2.75) is 38.1 Å². The fourth-order valence-electron chi connectivity index (χ4n) is 4.41. The SMILES string of the molecule is CCC1(c2cccc(Oc3cc(Cn4ccnc4)ccc3C#N)c2)CCCN(C)C1=O. The monoisotopic (exact) mass is 414 g/mol. The van der Waals surface area contributed by atoms with Crippen LogP contribution in [0.3, 0.4) is 0 Å². The average molecular weight is 415 g/mol. The van der Waals surface area contributed by atoms with Crippen LogP contribution in [0.5, 0.6) is 11.5 Å². The van der Waals surface area contributed by atoms with Gasteiger partial charge in [-0.2, -0.15) is 5.26 Å². The summed E-state index contributed by atoms with van der Waals surface area (Å²) in [5, 5.41) is 9.55. The molecule has 1 aliphatic heterocycles. The molecule has 1 fully saturated rings. The minimum absolute atomic E-state index is 0.165. The van der Waals surface area contributed by atoms with E-state index >= 15 is 0 Å². The molecular weight excluding hydrogens is 388 g/mol. The quantitative estimate of drug-likeness (QED) is 0.596. The number of likely N-dealkylation sites (N-methyl/N-ethyl adjacent to an activating group) is 1. The maximum absolute atomic E-state index is 13.1. The van der Waals surface area contributed by atoms with Gasteiger partial charge in [0, 0.05) is 32.5 Å². The minimum atomic E-state index is -0.520. The second kappa shape index (κ2) is 8.65. The molecule has 158 valence electrons. The Morgan fingerprint density at radius 2 is 2.13 bits per heavy atom. The first-order chi connectivity index (χ1) is 15.1. The van der Waals surface area contributed by atoms with Crippen LogP contribution in [-0.2, 0) is 16.8 Å². The number of hydrogen-bond acceptors (Lipinski definition) is 4. The van der Waals surface area contributed by atoms with Gasteiger partial charge in [0.15, 0.2) is 0 Å². The van der Waals surface area contributed by atoms with Crippen molar-refractivity contribution >= 4 is 5.91 Å². The number of carbonyl (C=O) groups is 1. The molecule has 6 heteroatoms. The summed E-state index contributed by atoms with van der Waals surface area (Å²) in [6.45, 7) is 3.51. The van der Waals surface area contributed by atoms with Crippen molar-refractivity contribution in [2.75, 3.05) is 13.6 Å².